The molecule has 0 unspecified atom stereocenters. The number of aromatic amines is 1. The van der Waals surface area contributed by atoms with Crippen LogP contribution in [0.5, 0.6) is 0 Å². The van der Waals surface area contributed by atoms with Crippen molar-refractivity contribution in [3.05, 3.63) is 123 Å². The van der Waals surface area contributed by atoms with E-state index < -0.39 is 17.3 Å². The molecular weight excluding hydrogens is 802 g/mol. The minimum atomic E-state index is -0.605. The zero-order chi connectivity index (χ0) is 43.7. The maximum absolute atomic E-state index is 15.1. The smallest absolute Gasteiger partial charge is 0.272 e. The summed E-state index contributed by atoms with van der Waals surface area (Å²) in [6.45, 7) is 8.24. The number of hydrogen-bond acceptors (Lipinski definition) is 10. The molecule has 0 radical (unpaired) electrons. The number of ether oxygens (including phenoxy) is 1. The van der Waals surface area contributed by atoms with E-state index >= 15 is 4.39 Å². The highest BCUT2D eigenvalue weighted by Gasteiger charge is 2.51. The molecule has 14 nitrogen and oxygen atoms in total. The molecule has 0 spiro atoms. The molecule has 4 saturated heterocycles. The SMILES string of the molecule is CCc1cccc(-c2cnc(C(=O)NC34CCC(CN5CCN(CC(=O)N6CCN(C(=O)c7cc(Cc8n[nH]c(=O)c9ccccc89)ccc7F)CC6)CC5)(CC3)OC4)c(N)c2)c1. The van der Waals surface area contributed by atoms with Crippen LogP contribution in [0, 0.1) is 5.82 Å². The van der Waals surface area contributed by atoms with Crippen LogP contribution in [0.4, 0.5) is 10.1 Å². The van der Waals surface area contributed by atoms with Crippen molar-refractivity contribution >= 4 is 34.2 Å². The van der Waals surface area contributed by atoms with Gasteiger partial charge >= 0.3 is 0 Å². The van der Waals surface area contributed by atoms with Gasteiger partial charge in [-0.25, -0.2) is 14.5 Å². The second-order valence-corrected chi connectivity index (χ2v) is 17.7. The number of H-pyrrole nitrogens is 1. The van der Waals surface area contributed by atoms with E-state index in [2.05, 4.69) is 49.4 Å². The predicted octanol–water partition coefficient (Wildman–Crippen LogP) is 4.27. The van der Waals surface area contributed by atoms with Gasteiger partial charge in [-0.15, -0.1) is 0 Å². The Morgan fingerprint density at radius 2 is 1.56 bits per heavy atom. The highest BCUT2D eigenvalue weighted by molar-refractivity contribution is 5.98. The van der Waals surface area contributed by atoms with E-state index in [9.17, 15) is 19.2 Å². The van der Waals surface area contributed by atoms with Crippen LogP contribution in [0.3, 0.4) is 0 Å². The number of nitrogen functional groups attached to an aromatic ring is 1. The van der Waals surface area contributed by atoms with Gasteiger partial charge in [-0.1, -0.05) is 55.5 Å². The maximum atomic E-state index is 15.1. The second-order valence-electron chi connectivity index (χ2n) is 17.7. The number of nitrogens with two attached hydrogens (primary N) is 1. The fourth-order valence-corrected chi connectivity index (χ4v) is 9.71. The topological polar surface area (TPSA) is 170 Å². The van der Waals surface area contributed by atoms with Crippen LogP contribution < -0.4 is 16.6 Å². The van der Waals surface area contributed by atoms with Crippen molar-refractivity contribution < 1.29 is 23.5 Å². The number of nitrogens with one attached hydrogen (secondary N) is 2. The number of rotatable bonds is 11. The number of halogens is 1. The molecule has 2 bridgehead atoms. The molecule has 2 aromatic heterocycles. The van der Waals surface area contributed by atoms with E-state index in [0.717, 1.165) is 76.0 Å². The average molecular weight is 856 g/mol. The van der Waals surface area contributed by atoms with Crippen molar-refractivity contribution in [2.75, 3.05) is 77.8 Å². The summed E-state index contributed by atoms with van der Waals surface area (Å²) in [5.74, 6) is -1.26. The lowest BCUT2D eigenvalue weighted by Gasteiger charge is -2.54. The zero-order valence-electron chi connectivity index (χ0n) is 35.7. The summed E-state index contributed by atoms with van der Waals surface area (Å²) in [6.07, 6.45) is 6.30. The maximum Gasteiger partial charge on any atom is 0.272 e. The average Bonchev–Trinajstić information content (AvgIpc) is 3.31. The predicted molar refractivity (Wildman–Crippen MR) is 238 cm³/mol. The molecule has 5 fully saturated rings. The van der Waals surface area contributed by atoms with Gasteiger partial charge in [0.15, 0.2) is 5.69 Å². The van der Waals surface area contributed by atoms with Gasteiger partial charge in [0.1, 0.15) is 5.82 Å². The van der Waals surface area contributed by atoms with Crippen molar-refractivity contribution in [2.24, 2.45) is 0 Å². The summed E-state index contributed by atoms with van der Waals surface area (Å²) in [6, 6.07) is 21.7. The van der Waals surface area contributed by atoms with Gasteiger partial charge in [-0.3, -0.25) is 29.0 Å². The standard InChI is InChI=1S/C48H54FN9O5/c1-2-32-6-5-7-34(24-32)35-27-40(50)43(51-28-35)45(61)52-47-12-14-48(15-13-47,63-31-47)30-56-18-16-55(17-19-56)29-42(59)57-20-22-58(23-21-57)46(62)38-25-33(10-11-39(38)49)26-41-36-8-3-4-9-37(36)44(60)54-53-41/h3-11,24-25,27-28H,2,12-23,26,29-31,50H2,1H3,(H,52,61)(H,54,60). The van der Waals surface area contributed by atoms with Crippen molar-refractivity contribution in [1.29, 1.82) is 0 Å². The molecule has 4 N–H and O–H groups in total. The molecule has 15 heteroatoms. The first-order valence-electron chi connectivity index (χ1n) is 22.1. The van der Waals surface area contributed by atoms with Crippen LogP contribution in [0.25, 0.3) is 21.9 Å². The van der Waals surface area contributed by atoms with Gasteiger partial charge in [0.2, 0.25) is 5.91 Å². The number of piperazine rings is 2. The second kappa shape index (κ2) is 17.6. The molecule has 328 valence electrons. The Hall–Kier alpha value is -6.03. The highest BCUT2D eigenvalue weighted by atomic mass is 19.1. The van der Waals surface area contributed by atoms with Gasteiger partial charge in [-0.2, -0.15) is 5.10 Å². The lowest BCUT2D eigenvalue weighted by Crippen LogP contribution is -2.66. The molecule has 5 aromatic rings. The zero-order valence-corrected chi connectivity index (χ0v) is 35.7. The monoisotopic (exact) mass is 855 g/mol. The molecule has 0 atom stereocenters. The Labute approximate surface area is 365 Å². The lowest BCUT2D eigenvalue weighted by atomic mass is 9.70. The molecule has 5 aliphatic rings. The minimum Gasteiger partial charge on any atom is -0.397 e. The van der Waals surface area contributed by atoms with E-state index in [1.54, 1.807) is 40.3 Å². The molecule has 63 heavy (non-hydrogen) atoms. The number of aryl methyl sites for hydroxylation is 1. The third-order valence-corrected chi connectivity index (χ3v) is 13.6. The molecule has 1 aliphatic carbocycles. The van der Waals surface area contributed by atoms with Crippen LogP contribution in [0.1, 0.15) is 70.3 Å². The van der Waals surface area contributed by atoms with E-state index in [1.165, 1.54) is 11.6 Å². The molecule has 10 rings (SSSR count). The molecular formula is C48H54FN9O5. The number of aromatic nitrogens is 3. The van der Waals surface area contributed by atoms with Crippen LogP contribution in [-0.2, 0) is 22.4 Å². The number of carbonyl (C=O) groups excluding carboxylic acids is 3. The molecule has 3 aromatic carbocycles. The first kappa shape index (κ1) is 42.3. The third-order valence-electron chi connectivity index (χ3n) is 13.6. The van der Waals surface area contributed by atoms with Crippen molar-refractivity contribution in [3.8, 4) is 11.1 Å². The van der Waals surface area contributed by atoms with E-state index in [1.807, 2.05) is 30.3 Å². The van der Waals surface area contributed by atoms with Gasteiger partial charge in [0.05, 0.1) is 46.6 Å². The molecule has 3 amide bonds. The minimum absolute atomic E-state index is 0.0223. The van der Waals surface area contributed by atoms with Crippen molar-refractivity contribution in [2.45, 2.75) is 56.6 Å². The summed E-state index contributed by atoms with van der Waals surface area (Å²) < 4.78 is 21.6. The van der Waals surface area contributed by atoms with Crippen molar-refractivity contribution in [1.82, 2.24) is 40.1 Å². The van der Waals surface area contributed by atoms with Gasteiger partial charge in [0, 0.05) is 82.5 Å². The fraction of sp³-hybridized carbons (Fsp3) is 0.417. The Morgan fingerprint density at radius 1 is 0.825 bits per heavy atom. The Bertz CT molecular complexity index is 2580. The first-order chi connectivity index (χ1) is 30.5. The summed E-state index contributed by atoms with van der Waals surface area (Å²) in [5.41, 5.74) is 10.4. The van der Waals surface area contributed by atoms with Crippen LogP contribution in [0.2, 0.25) is 0 Å². The van der Waals surface area contributed by atoms with Gasteiger partial charge in [0.25, 0.3) is 17.4 Å². The number of amides is 3. The molecule has 1 saturated carbocycles. The van der Waals surface area contributed by atoms with E-state index in [-0.39, 0.29) is 34.2 Å². The normalized spacial score (nSPS) is 21.7. The first-order valence-corrected chi connectivity index (χ1v) is 22.1. The van der Waals surface area contributed by atoms with Crippen LogP contribution in [-0.4, -0.2) is 136 Å². The third kappa shape index (κ3) is 8.95. The number of carbonyl (C=O) groups is 3. The number of nitrogens with zero attached hydrogens (tertiary/aromatic N) is 6. The lowest BCUT2D eigenvalue weighted by molar-refractivity contribution is -0.170. The number of benzene rings is 3. The quantitative estimate of drug-likeness (QED) is 0.175. The van der Waals surface area contributed by atoms with E-state index in [4.69, 9.17) is 10.5 Å². The highest BCUT2D eigenvalue weighted by Crippen LogP contribution is 2.44. The number of anilines is 1. The van der Waals surface area contributed by atoms with Gasteiger partial charge in [-0.05, 0) is 73.1 Å². The Morgan fingerprint density at radius 3 is 2.27 bits per heavy atom. The number of fused-ring (bicyclic) bond motifs is 4. The molecule has 6 heterocycles. The van der Waals surface area contributed by atoms with Crippen molar-refractivity contribution in [3.63, 3.8) is 0 Å². The van der Waals surface area contributed by atoms with Crippen LogP contribution in [0.15, 0.2) is 83.8 Å². The summed E-state index contributed by atoms with van der Waals surface area (Å²) >= 11 is 0. The summed E-state index contributed by atoms with van der Waals surface area (Å²) in [7, 11) is 0. The molecule has 4 aliphatic heterocycles. The summed E-state index contributed by atoms with van der Waals surface area (Å²) in [4.78, 5) is 65.2. The Kier molecular flexibility index (Phi) is 11.8. The van der Waals surface area contributed by atoms with E-state index in [0.29, 0.717) is 73.5 Å². The summed E-state index contributed by atoms with van der Waals surface area (Å²) in [5, 5.41) is 11.2. The van der Waals surface area contributed by atoms with Gasteiger partial charge < -0.3 is 25.6 Å². The largest absolute Gasteiger partial charge is 0.397 e. The number of pyridine rings is 1. The van der Waals surface area contributed by atoms with Crippen LogP contribution >= 0.6 is 0 Å². The fourth-order valence-electron chi connectivity index (χ4n) is 9.71. The number of hydrogen-bond donors (Lipinski definition) is 3. The Balaban J connectivity index is 0.713.